The average Bonchev–Trinajstić information content (AvgIpc) is 3.23. The van der Waals surface area contributed by atoms with Crippen molar-refractivity contribution in [3.63, 3.8) is 0 Å². The fourth-order valence-corrected chi connectivity index (χ4v) is 4.90. The standard InChI is InChI=1S/C20H25N5O2/c26-19(20(7-9-21-10-8-20)15-4-2-1-3-5-15)24-11-6-18-17(13-24)25-16(14-27-18)12-22-23-25/h1-5,12,17-18,21H,6-11,13-14H2/t17-,18-/m1/s1. The number of amides is 1. The van der Waals surface area contributed by atoms with Crippen LogP contribution in [0.4, 0.5) is 0 Å². The molecule has 7 nitrogen and oxygen atoms in total. The Morgan fingerprint density at radius 3 is 2.85 bits per heavy atom. The summed E-state index contributed by atoms with van der Waals surface area (Å²) in [7, 11) is 0. The third-order valence-electron chi connectivity index (χ3n) is 6.41. The zero-order valence-corrected chi connectivity index (χ0v) is 15.4. The molecule has 2 aromatic rings. The molecule has 7 heteroatoms. The molecule has 1 amide bonds. The predicted octanol–water partition coefficient (Wildman–Crippen LogP) is 1.27. The molecular weight excluding hydrogens is 342 g/mol. The van der Waals surface area contributed by atoms with Crippen molar-refractivity contribution >= 4 is 5.91 Å². The zero-order valence-electron chi connectivity index (χ0n) is 15.4. The summed E-state index contributed by atoms with van der Waals surface area (Å²) < 4.78 is 7.96. The summed E-state index contributed by atoms with van der Waals surface area (Å²) in [6.07, 6.45) is 4.40. The van der Waals surface area contributed by atoms with Gasteiger partial charge < -0.3 is 15.0 Å². The number of likely N-dealkylation sites (tertiary alicyclic amines) is 1. The van der Waals surface area contributed by atoms with Crippen LogP contribution in [0.25, 0.3) is 0 Å². The Morgan fingerprint density at radius 2 is 2.04 bits per heavy atom. The highest BCUT2D eigenvalue weighted by molar-refractivity contribution is 5.88. The maximum absolute atomic E-state index is 13.8. The van der Waals surface area contributed by atoms with E-state index in [0.717, 1.165) is 50.2 Å². The van der Waals surface area contributed by atoms with Crippen LogP contribution < -0.4 is 5.32 Å². The van der Waals surface area contributed by atoms with Gasteiger partial charge in [0.15, 0.2) is 0 Å². The number of carbonyl (C=O) groups excluding carboxylic acids is 1. The van der Waals surface area contributed by atoms with Gasteiger partial charge in [-0.2, -0.15) is 0 Å². The Bertz CT molecular complexity index is 815. The van der Waals surface area contributed by atoms with Gasteiger partial charge in [0.25, 0.3) is 0 Å². The van der Waals surface area contributed by atoms with Gasteiger partial charge in [0.2, 0.25) is 5.91 Å². The molecule has 0 radical (unpaired) electrons. The van der Waals surface area contributed by atoms with Gasteiger partial charge in [-0.3, -0.25) is 4.79 Å². The van der Waals surface area contributed by atoms with Gasteiger partial charge in [-0.15, -0.1) is 5.10 Å². The number of carbonyl (C=O) groups is 1. The highest BCUT2D eigenvalue weighted by Crippen LogP contribution is 2.38. The fourth-order valence-electron chi connectivity index (χ4n) is 4.90. The SMILES string of the molecule is O=C(N1CC[C@H]2OCc3cnnn3[C@@H]2C1)C1(c2ccccc2)CCNCC1. The monoisotopic (exact) mass is 367 g/mol. The van der Waals surface area contributed by atoms with Crippen LogP contribution >= 0.6 is 0 Å². The van der Waals surface area contributed by atoms with Crippen LogP contribution in [0.1, 0.15) is 36.6 Å². The predicted molar refractivity (Wildman–Crippen MR) is 99.1 cm³/mol. The highest BCUT2D eigenvalue weighted by atomic mass is 16.5. The molecule has 1 aromatic heterocycles. The first-order valence-corrected chi connectivity index (χ1v) is 9.84. The number of nitrogens with zero attached hydrogens (tertiary/aromatic N) is 4. The second-order valence-electron chi connectivity index (χ2n) is 7.82. The summed E-state index contributed by atoms with van der Waals surface area (Å²) in [6.45, 7) is 3.68. The first-order chi connectivity index (χ1) is 13.3. The van der Waals surface area contributed by atoms with E-state index < -0.39 is 5.41 Å². The molecule has 0 aliphatic carbocycles. The number of nitrogens with one attached hydrogen (secondary N) is 1. The molecule has 2 saturated heterocycles. The maximum Gasteiger partial charge on any atom is 0.233 e. The molecule has 0 spiro atoms. The van der Waals surface area contributed by atoms with Gasteiger partial charge in [0.05, 0.1) is 36.1 Å². The fraction of sp³-hybridized carbons (Fsp3) is 0.550. The molecule has 4 heterocycles. The second-order valence-corrected chi connectivity index (χ2v) is 7.82. The first kappa shape index (κ1) is 16.9. The Labute approximate surface area is 158 Å². The summed E-state index contributed by atoms with van der Waals surface area (Å²) >= 11 is 0. The van der Waals surface area contributed by atoms with E-state index in [4.69, 9.17) is 4.74 Å². The Morgan fingerprint density at radius 1 is 1.22 bits per heavy atom. The quantitative estimate of drug-likeness (QED) is 0.866. The molecule has 1 aromatic carbocycles. The van der Waals surface area contributed by atoms with Crippen LogP contribution in [0.5, 0.6) is 0 Å². The summed E-state index contributed by atoms with van der Waals surface area (Å²) in [6, 6.07) is 10.4. The van der Waals surface area contributed by atoms with Crippen molar-refractivity contribution in [2.75, 3.05) is 26.2 Å². The summed E-state index contributed by atoms with van der Waals surface area (Å²) in [4.78, 5) is 15.9. The molecule has 0 bridgehead atoms. The first-order valence-electron chi connectivity index (χ1n) is 9.84. The number of hydrogen-bond acceptors (Lipinski definition) is 5. The zero-order chi connectivity index (χ0) is 18.3. The minimum atomic E-state index is -0.430. The molecule has 0 unspecified atom stereocenters. The molecule has 2 atom stereocenters. The average molecular weight is 367 g/mol. The van der Waals surface area contributed by atoms with Crippen molar-refractivity contribution in [1.29, 1.82) is 0 Å². The number of aromatic nitrogens is 3. The van der Waals surface area contributed by atoms with Gasteiger partial charge in [0.1, 0.15) is 0 Å². The van der Waals surface area contributed by atoms with Crippen molar-refractivity contribution in [1.82, 2.24) is 25.2 Å². The lowest BCUT2D eigenvalue weighted by Gasteiger charge is -2.45. The van der Waals surface area contributed by atoms with Crippen molar-refractivity contribution in [3.8, 4) is 0 Å². The summed E-state index contributed by atoms with van der Waals surface area (Å²) in [5, 5.41) is 11.7. The van der Waals surface area contributed by atoms with Gasteiger partial charge in [-0.05, 0) is 37.9 Å². The summed E-state index contributed by atoms with van der Waals surface area (Å²) in [5.74, 6) is 0.251. The van der Waals surface area contributed by atoms with Gasteiger partial charge in [-0.1, -0.05) is 35.5 Å². The number of ether oxygens (including phenoxy) is 1. The van der Waals surface area contributed by atoms with Crippen LogP contribution in [0.15, 0.2) is 36.5 Å². The molecular formula is C20H25N5O2. The van der Waals surface area contributed by atoms with E-state index in [1.165, 1.54) is 0 Å². The number of benzene rings is 1. The Balaban J connectivity index is 1.44. The number of hydrogen-bond donors (Lipinski definition) is 1. The summed E-state index contributed by atoms with van der Waals surface area (Å²) in [5.41, 5.74) is 1.70. The largest absolute Gasteiger partial charge is 0.370 e. The minimum Gasteiger partial charge on any atom is -0.370 e. The van der Waals surface area contributed by atoms with Crippen molar-refractivity contribution < 1.29 is 9.53 Å². The van der Waals surface area contributed by atoms with E-state index >= 15 is 0 Å². The lowest BCUT2D eigenvalue weighted by atomic mass is 9.71. The van der Waals surface area contributed by atoms with E-state index in [1.807, 2.05) is 27.8 Å². The van der Waals surface area contributed by atoms with Gasteiger partial charge in [-0.25, -0.2) is 4.68 Å². The van der Waals surface area contributed by atoms with Crippen LogP contribution in [0.3, 0.4) is 0 Å². The molecule has 0 saturated carbocycles. The second kappa shape index (κ2) is 6.73. The normalized spacial score (nSPS) is 26.9. The van der Waals surface area contributed by atoms with Crippen molar-refractivity contribution in [2.24, 2.45) is 0 Å². The van der Waals surface area contributed by atoms with E-state index in [0.29, 0.717) is 13.2 Å². The third-order valence-corrected chi connectivity index (χ3v) is 6.41. The smallest absolute Gasteiger partial charge is 0.233 e. The topological polar surface area (TPSA) is 72.3 Å². The van der Waals surface area contributed by atoms with E-state index in [2.05, 4.69) is 27.8 Å². The molecule has 3 aliphatic rings. The van der Waals surface area contributed by atoms with Crippen LogP contribution in [-0.2, 0) is 21.6 Å². The maximum atomic E-state index is 13.8. The van der Waals surface area contributed by atoms with Gasteiger partial charge in [0, 0.05) is 13.1 Å². The molecule has 2 fully saturated rings. The van der Waals surface area contributed by atoms with E-state index in [9.17, 15) is 4.79 Å². The lowest BCUT2D eigenvalue weighted by molar-refractivity contribution is -0.145. The Kier molecular flexibility index (Phi) is 4.21. The number of fused-ring (bicyclic) bond motifs is 3. The van der Waals surface area contributed by atoms with Crippen molar-refractivity contribution in [2.45, 2.75) is 43.4 Å². The number of rotatable bonds is 2. The number of piperidine rings is 2. The van der Waals surface area contributed by atoms with Crippen LogP contribution in [0.2, 0.25) is 0 Å². The van der Waals surface area contributed by atoms with Crippen LogP contribution in [-0.4, -0.2) is 58.1 Å². The lowest BCUT2D eigenvalue weighted by Crippen LogP contribution is -2.57. The van der Waals surface area contributed by atoms with Crippen molar-refractivity contribution in [3.05, 3.63) is 47.8 Å². The Hall–Kier alpha value is -2.25. The van der Waals surface area contributed by atoms with E-state index in [-0.39, 0.29) is 18.1 Å². The molecule has 5 rings (SSSR count). The van der Waals surface area contributed by atoms with E-state index in [1.54, 1.807) is 6.20 Å². The molecule has 27 heavy (non-hydrogen) atoms. The highest BCUT2D eigenvalue weighted by Gasteiger charge is 2.46. The molecule has 3 aliphatic heterocycles. The third kappa shape index (κ3) is 2.76. The molecule has 142 valence electrons. The minimum absolute atomic E-state index is 0.0588. The molecule has 1 N–H and O–H groups in total. The van der Waals surface area contributed by atoms with Crippen LogP contribution in [0, 0.1) is 0 Å². The van der Waals surface area contributed by atoms with Gasteiger partial charge >= 0.3 is 0 Å².